The molecule has 0 unspecified atom stereocenters. The zero-order chi connectivity index (χ0) is 22.5. The van der Waals surface area contributed by atoms with Gasteiger partial charge in [-0.2, -0.15) is 0 Å². The molecule has 2 aromatic carbocycles. The third-order valence-corrected chi connectivity index (χ3v) is 5.29. The fraction of sp³-hybridized carbons (Fsp3) is 0.304. The standard InChI is InChI=1S/C23H24N2O6/c1-14(26)25-13-18(27)12-20(25)22(29)24-19(23(30)31)11-15-7-9-17(10-8-15)21(28)16-5-3-2-4-6-16/h2-10,18-20,27H,11-13H2,1H3,(H,24,29)(H,30,31)/t18-,19+,20+/m1/s1. The molecular weight excluding hydrogens is 400 g/mol. The Bertz CT molecular complexity index is 973. The van der Waals surface area contributed by atoms with Crippen LogP contribution in [0.1, 0.15) is 34.8 Å². The smallest absolute Gasteiger partial charge is 0.326 e. The number of likely N-dealkylation sites (tertiary alicyclic amines) is 1. The molecule has 31 heavy (non-hydrogen) atoms. The Morgan fingerprint density at radius 2 is 1.65 bits per heavy atom. The summed E-state index contributed by atoms with van der Waals surface area (Å²) in [5.41, 5.74) is 1.66. The number of carboxylic acid groups (broad SMARTS) is 1. The van der Waals surface area contributed by atoms with Crippen LogP contribution in [-0.2, 0) is 20.8 Å². The molecule has 1 aliphatic rings. The summed E-state index contributed by atoms with van der Waals surface area (Å²) >= 11 is 0. The molecule has 0 radical (unpaired) electrons. The van der Waals surface area contributed by atoms with Crippen LogP contribution in [0.25, 0.3) is 0 Å². The van der Waals surface area contributed by atoms with Crippen molar-refractivity contribution >= 4 is 23.6 Å². The molecule has 0 aliphatic carbocycles. The minimum atomic E-state index is -1.22. The number of aliphatic carboxylic acids is 1. The van der Waals surface area contributed by atoms with E-state index >= 15 is 0 Å². The second-order valence-electron chi connectivity index (χ2n) is 7.57. The lowest BCUT2D eigenvalue weighted by molar-refractivity contribution is -0.143. The number of aliphatic hydroxyl groups excluding tert-OH is 1. The van der Waals surface area contributed by atoms with E-state index in [2.05, 4.69) is 5.32 Å². The summed E-state index contributed by atoms with van der Waals surface area (Å²) in [4.78, 5) is 49.7. The van der Waals surface area contributed by atoms with E-state index < -0.39 is 30.1 Å². The quantitative estimate of drug-likeness (QED) is 0.570. The number of aliphatic hydroxyl groups is 1. The molecule has 0 spiro atoms. The van der Waals surface area contributed by atoms with Gasteiger partial charge < -0.3 is 20.4 Å². The summed E-state index contributed by atoms with van der Waals surface area (Å²) in [6.45, 7) is 1.34. The number of amides is 2. The molecule has 2 amide bonds. The summed E-state index contributed by atoms with van der Waals surface area (Å²) in [5, 5.41) is 21.8. The van der Waals surface area contributed by atoms with E-state index in [-0.39, 0.29) is 31.1 Å². The molecule has 1 saturated heterocycles. The molecule has 8 nitrogen and oxygen atoms in total. The van der Waals surface area contributed by atoms with Crippen LogP contribution < -0.4 is 5.32 Å². The first-order valence-electron chi connectivity index (χ1n) is 9.93. The first-order valence-corrected chi connectivity index (χ1v) is 9.93. The number of β-amino-alcohol motifs (C(OH)–C–C–N with tert-alkyl or cyclic N) is 1. The molecule has 0 bridgehead atoms. The Morgan fingerprint density at radius 3 is 2.23 bits per heavy atom. The second-order valence-corrected chi connectivity index (χ2v) is 7.57. The average molecular weight is 424 g/mol. The lowest BCUT2D eigenvalue weighted by atomic mass is 9.99. The SMILES string of the molecule is CC(=O)N1C[C@H](O)C[C@H]1C(=O)N[C@@H](Cc1ccc(C(=O)c2ccccc2)cc1)C(=O)O. The molecule has 1 fully saturated rings. The third-order valence-electron chi connectivity index (χ3n) is 5.29. The van der Waals surface area contributed by atoms with Crippen molar-refractivity contribution in [3.63, 3.8) is 0 Å². The van der Waals surface area contributed by atoms with Crippen LogP contribution in [0.15, 0.2) is 54.6 Å². The fourth-order valence-corrected chi connectivity index (χ4v) is 3.66. The van der Waals surface area contributed by atoms with E-state index in [1.54, 1.807) is 48.5 Å². The predicted molar refractivity (Wildman–Crippen MR) is 111 cm³/mol. The lowest BCUT2D eigenvalue weighted by Gasteiger charge is -2.24. The van der Waals surface area contributed by atoms with Crippen LogP contribution >= 0.6 is 0 Å². The highest BCUT2D eigenvalue weighted by molar-refractivity contribution is 6.08. The molecule has 0 saturated carbocycles. The van der Waals surface area contributed by atoms with Crippen molar-refractivity contribution in [1.82, 2.24) is 10.2 Å². The Hall–Kier alpha value is -3.52. The van der Waals surface area contributed by atoms with Crippen molar-refractivity contribution in [1.29, 1.82) is 0 Å². The van der Waals surface area contributed by atoms with Gasteiger partial charge in [0.2, 0.25) is 11.8 Å². The lowest BCUT2D eigenvalue weighted by Crippen LogP contribution is -2.51. The van der Waals surface area contributed by atoms with Crippen molar-refractivity contribution < 1.29 is 29.4 Å². The summed E-state index contributed by atoms with van der Waals surface area (Å²) in [6, 6.07) is 13.2. The number of carbonyl (C=O) groups is 4. The molecule has 1 aliphatic heterocycles. The first kappa shape index (κ1) is 22.2. The Balaban J connectivity index is 1.67. The van der Waals surface area contributed by atoms with Crippen LogP contribution in [0.5, 0.6) is 0 Å². The number of hydrogen-bond donors (Lipinski definition) is 3. The monoisotopic (exact) mass is 424 g/mol. The largest absolute Gasteiger partial charge is 0.480 e. The van der Waals surface area contributed by atoms with Gasteiger partial charge in [-0.25, -0.2) is 4.79 Å². The number of nitrogens with zero attached hydrogens (tertiary/aromatic N) is 1. The van der Waals surface area contributed by atoms with E-state index in [1.165, 1.54) is 11.8 Å². The topological polar surface area (TPSA) is 124 Å². The molecule has 3 N–H and O–H groups in total. The van der Waals surface area contributed by atoms with Gasteiger partial charge in [0, 0.05) is 37.4 Å². The molecular formula is C23H24N2O6. The molecule has 3 rings (SSSR count). The highest BCUT2D eigenvalue weighted by Crippen LogP contribution is 2.19. The van der Waals surface area contributed by atoms with E-state index in [0.29, 0.717) is 16.7 Å². The van der Waals surface area contributed by atoms with E-state index in [1.807, 2.05) is 6.07 Å². The zero-order valence-electron chi connectivity index (χ0n) is 17.0. The van der Waals surface area contributed by atoms with Crippen LogP contribution in [0.3, 0.4) is 0 Å². The van der Waals surface area contributed by atoms with Crippen molar-refractivity contribution in [2.24, 2.45) is 0 Å². The molecule has 8 heteroatoms. The highest BCUT2D eigenvalue weighted by atomic mass is 16.4. The van der Waals surface area contributed by atoms with Gasteiger partial charge in [0.05, 0.1) is 6.10 Å². The molecule has 1 heterocycles. The van der Waals surface area contributed by atoms with Gasteiger partial charge in [0.25, 0.3) is 0 Å². The minimum Gasteiger partial charge on any atom is -0.480 e. The number of rotatable bonds is 7. The van der Waals surface area contributed by atoms with Crippen LogP contribution in [0.4, 0.5) is 0 Å². The van der Waals surface area contributed by atoms with E-state index in [9.17, 15) is 29.4 Å². The third kappa shape index (κ3) is 5.35. The Morgan fingerprint density at radius 1 is 1.03 bits per heavy atom. The Kier molecular flexibility index (Phi) is 6.81. The van der Waals surface area contributed by atoms with Gasteiger partial charge in [-0.1, -0.05) is 54.6 Å². The summed E-state index contributed by atoms with van der Waals surface area (Å²) < 4.78 is 0. The zero-order valence-corrected chi connectivity index (χ0v) is 17.0. The number of benzene rings is 2. The van der Waals surface area contributed by atoms with Gasteiger partial charge in [0.15, 0.2) is 5.78 Å². The maximum absolute atomic E-state index is 12.6. The summed E-state index contributed by atoms with van der Waals surface area (Å²) in [6.07, 6.45) is -0.748. The predicted octanol–water partition coefficient (Wildman–Crippen LogP) is 1.01. The van der Waals surface area contributed by atoms with Gasteiger partial charge >= 0.3 is 5.97 Å². The minimum absolute atomic E-state index is 0.0101. The van der Waals surface area contributed by atoms with Crippen molar-refractivity contribution in [2.75, 3.05) is 6.54 Å². The maximum atomic E-state index is 12.6. The average Bonchev–Trinajstić information content (AvgIpc) is 3.16. The first-order chi connectivity index (χ1) is 14.8. The molecule has 3 atom stereocenters. The normalized spacial score (nSPS) is 19.0. The highest BCUT2D eigenvalue weighted by Gasteiger charge is 2.38. The number of nitrogens with one attached hydrogen (secondary N) is 1. The number of hydrogen-bond acceptors (Lipinski definition) is 5. The van der Waals surface area contributed by atoms with Crippen molar-refractivity contribution in [3.8, 4) is 0 Å². The molecule has 2 aromatic rings. The van der Waals surface area contributed by atoms with Gasteiger partial charge in [0.1, 0.15) is 12.1 Å². The number of ketones is 1. The van der Waals surface area contributed by atoms with Gasteiger partial charge in [-0.05, 0) is 5.56 Å². The Labute approximate surface area is 179 Å². The van der Waals surface area contributed by atoms with Crippen LogP contribution in [0.2, 0.25) is 0 Å². The molecule has 162 valence electrons. The second kappa shape index (κ2) is 9.53. The summed E-state index contributed by atoms with van der Waals surface area (Å²) in [5.74, 6) is -2.33. The number of carbonyl (C=O) groups excluding carboxylic acids is 3. The van der Waals surface area contributed by atoms with Gasteiger partial charge in [-0.3, -0.25) is 14.4 Å². The van der Waals surface area contributed by atoms with Crippen LogP contribution in [-0.4, -0.2) is 63.4 Å². The number of carboxylic acids is 1. The van der Waals surface area contributed by atoms with Crippen molar-refractivity contribution in [2.45, 2.75) is 38.0 Å². The maximum Gasteiger partial charge on any atom is 0.326 e. The van der Waals surface area contributed by atoms with Gasteiger partial charge in [-0.15, -0.1) is 0 Å². The molecule has 0 aromatic heterocycles. The van der Waals surface area contributed by atoms with E-state index in [4.69, 9.17) is 0 Å². The van der Waals surface area contributed by atoms with Crippen molar-refractivity contribution in [3.05, 3.63) is 71.3 Å². The van der Waals surface area contributed by atoms with Crippen LogP contribution in [0, 0.1) is 0 Å². The fourth-order valence-electron chi connectivity index (χ4n) is 3.66. The van der Waals surface area contributed by atoms with E-state index in [0.717, 1.165) is 0 Å². The summed E-state index contributed by atoms with van der Waals surface area (Å²) in [7, 11) is 0.